The molecule has 1 aliphatic heterocycles. The number of amides is 3. The first kappa shape index (κ1) is 12.1. The molecule has 7 heteroatoms. The predicted octanol–water partition coefficient (Wildman–Crippen LogP) is -0.396. The molecule has 3 amide bonds. The smallest absolute Gasteiger partial charge is 0.409 e. The Balaban J connectivity index is 2.34. The van der Waals surface area contributed by atoms with Crippen LogP contribution >= 0.6 is 0 Å². The quantitative estimate of drug-likeness (QED) is 0.616. The maximum atomic E-state index is 11.4. The van der Waals surface area contributed by atoms with Crippen LogP contribution in [-0.2, 0) is 4.74 Å². The van der Waals surface area contributed by atoms with Crippen molar-refractivity contribution in [2.24, 2.45) is 0 Å². The van der Waals surface area contributed by atoms with Gasteiger partial charge in [0.15, 0.2) is 0 Å². The van der Waals surface area contributed by atoms with Gasteiger partial charge in [-0.2, -0.15) is 5.26 Å². The molecule has 0 aromatic rings. The van der Waals surface area contributed by atoms with Crippen molar-refractivity contribution >= 4 is 12.1 Å². The third-order valence-corrected chi connectivity index (χ3v) is 2.32. The third-order valence-electron chi connectivity index (χ3n) is 2.32. The van der Waals surface area contributed by atoms with Gasteiger partial charge >= 0.3 is 12.1 Å². The molecule has 0 aromatic heterocycles. The lowest BCUT2D eigenvalue weighted by Crippen LogP contribution is -2.53. The van der Waals surface area contributed by atoms with Gasteiger partial charge in [-0.1, -0.05) is 0 Å². The molecule has 1 rings (SSSR count). The van der Waals surface area contributed by atoms with Crippen LogP contribution in [0.4, 0.5) is 9.59 Å². The zero-order chi connectivity index (χ0) is 12.0. The Kier molecular flexibility index (Phi) is 4.39. The number of piperazine rings is 1. The normalized spacial score (nSPS) is 15.2. The van der Waals surface area contributed by atoms with Crippen LogP contribution < -0.4 is 5.32 Å². The van der Waals surface area contributed by atoms with E-state index in [0.29, 0.717) is 26.2 Å². The van der Waals surface area contributed by atoms with E-state index in [1.807, 2.05) is 6.07 Å². The molecular weight excluding hydrogens is 212 g/mol. The summed E-state index contributed by atoms with van der Waals surface area (Å²) < 4.78 is 4.58. The van der Waals surface area contributed by atoms with Crippen molar-refractivity contribution in [1.82, 2.24) is 15.1 Å². The van der Waals surface area contributed by atoms with Crippen LogP contribution in [-0.4, -0.2) is 61.8 Å². The number of nitrogens with one attached hydrogen (secondary N) is 1. The molecule has 7 nitrogen and oxygen atoms in total. The minimum atomic E-state index is -0.378. The van der Waals surface area contributed by atoms with Crippen molar-refractivity contribution in [3.63, 3.8) is 0 Å². The van der Waals surface area contributed by atoms with Gasteiger partial charge in [0.2, 0.25) is 0 Å². The van der Waals surface area contributed by atoms with Crippen molar-refractivity contribution in [3.05, 3.63) is 0 Å². The molecule has 0 spiro atoms. The largest absolute Gasteiger partial charge is 0.453 e. The first-order valence-corrected chi connectivity index (χ1v) is 4.91. The highest BCUT2D eigenvalue weighted by atomic mass is 16.5. The topological polar surface area (TPSA) is 85.7 Å². The van der Waals surface area contributed by atoms with Gasteiger partial charge in [-0.25, -0.2) is 9.59 Å². The van der Waals surface area contributed by atoms with Gasteiger partial charge in [0.05, 0.1) is 13.2 Å². The molecule has 0 saturated carbocycles. The summed E-state index contributed by atoms with van der Waals surface area (Å²) in [4.78, 5) is 25.7. The molecule has 88 valence electrons. The zero-order valence-electron chi connectivity index (χ0n) is 9.10. The van der Waals surface area contributed by atoms with Gasteiger partial charge in [-0.15, -0.1) is 0 Å². The fourth-order valence-corrected chi connectivity index (χ4v) is 1.45. The molecule has 1 fully saturated rings. The van der Waals surface area contributed by atoms with Gasteiger partial charge in [0.1, 0.15) is 6.54 Å². The van der Waals surface area contributed by atoms with Crippen LogP contribution in [0.5, 0.6) is 0 Å². The number of hydrogen-bond donors (Lipinski definition) is 1. The maximum absolute atomic E-state index is 11.4. The van der Waals surface area contributed by atoms with Crippen molar-refractivity contribution in [2.45, 2.75) is 0 Å². The minimum Gasteiger partial charge on any atom is -0.453 e. The second-order valence-corrected chi connectivity index (χ2v) is 3.26. The van der Waals surface area contributed by atoms with Gasteiger partial charge in [0, 0.05) is 26.2 Å². The summed E-state index contributed by atoms with van der Waals surface area (Å²) in [5.41, 5.74) is 0. The highest BCUT2D eigenvalue weighted by Gasteiger charge is 2.23. The Morgan fingerprint density at radius 1 is 1.31 bits per heavy atom. The van der Waals surface area contributed by atoms with E-state index >= 15 is 0 Å². The molecular formula is C9H14N4O3. The van der Waals surface area contributed by atoms with E-state index in [9.17, 15) is 9.59 Å². The molecule has 0 atom stereocenters. The number of carbonyl (C=O) groups excluding carboxylic acids is 2. The number of nitriles is 1. The maximum Gasteiger partial charge on any atom is 0.409 e. The Morgan fingerprint density at radius 2 is 1.88 bits per heavy atom. The van der Waals surface area contributed by atoms with Crippen molar-refractivity contribution in [1.29, 1.82) is 5.26 Å². The molecule has 1 heterocycles. The van der Waals surface area contributed by atoms with E-state index < -0.39 is 0 Å². The number of urea groups is 1. The van der Waals surface area contributed by atoms with Crippen LogP contribution in [0.1, 0.15) is 0 Å². The number of hydrogen-bond acceptors (Lipinski definition) is 4. The third kappa shape index (κ3) is 3.02. The molecule has 16 heavy (non-hydrogen) atoms. The van der Waals surface area contributed by atoms with E-state index in [1.54, 1.807) is 4.90 Å². The average Bonchev–Trinajstić information content (AvgIpc) is 2.35. The highest BCUT2D eigenvalue weighted by Crippen LogP contribution is 2.03. The summed E-state index contributed by atoms with van der Waals surface area (Å²) in [5.74, 6) is 0. The van der Waals surface area contributed by atoms with E-state index in [1.165, 1.54) is 12.0 Å². The summed E-state index contributed by atoms with van der Waals surface area (Å²) >= 11 is 0. The van der Waals surface area contributed by atoms with Crippen LogP contribution in [0.15, 0.2) is 0 Å². The summed E-state index contributed by atoms with van der Waals surface area (Å²) in [6, 6.07) is 1.56. The Bertz CT molecular complexity index is 304. The summed E-state index contributed by atoms with van der Waals surface area (Å²) in [6.45, 7) is 1.80. The highest BCUT2D eigenvalue weighted by molar-refractivity contribution is 5.75. The zero-order valence-corrected chi connectivity index (χ0v) is 9.10. The van der Waals surface area contributed by atoms with Crippen LogP contribution in [0.2, 0.25) is 0 Å². The number of methoxy groups -OCH3 is 1. The van der Waals surface area contributed by atoms with Crippen molar-refractivity contribution in [3.8, 4) is 6.07 Å². The fourth-order valence-electron chi connectivity index (χ4n) is 1.45. The summed E-state index contributed by atoms with van der Waals surface area (Å²) in [5, 5.41) is 10.8. The molecule has 1 N–H and O–H groups in total. The first-order chi connectivity index (χ1) is 7.69. The first-order valence-electron chi connectivity index (χ1n) is 4.91. The molecule has 1 saturated heterocycles. The lowest BCUT2D eigenvalue weighted by atomic mass is 10.3. The fraction of sp³-hybridized carbons (Fsp3) is 0.667. The van der Waals surface area contributed by atoms with Crippen molar-refractivity contribution < 1.29 is 14.3 Å². The molecule has 0 unspecified atom stereocenters. The van der Waals surface area contributed by atoms with E-state index in [-0.39, 0.29) is 18.7 Å². The summed E-state index contributed by atoms with van der Waals surface area (Å²) in [6.07, 6.45) is -0.378. The van der Waals surface area contributed by atoms with E-state index in [0.717, 1.165) is 0 Å². The van der Waals surface area contributed by atoms with Crippen molar-refractivity contribution in [2.75, 3.05) is 39.8 Å². The van der Waals surface area contributed by atoms with Gasteiger partial charge in [-0.05, 0) is 0 Å². The Morgan fingerprint density at radius 3 is 2.38 bits per heavy atom. The molecule has 1 aliphatic rings. The Hall–Kier alpha value is -1.97. The number of carbonyl (C=O) groups is 2. The van der Waals surface area contributed by atoms with Crippen LogP contribution in [0, 0.1) is 11.3 Å². The number of rotatable bonds is 1. The molecule has 0 aromatic carbocycles. The van der Waals surface area contributed by atoms with Crippen LogP contribution in [0.3, 0.4) is 0 Å². The SMILES string of the molecule is COC(=O)N1CCN(C(=O)NCC#N)CC1. The number of nitrogens with zero attached hydrogens (tertiary/aromatic N) is 3. The molecule has 0 radical (unpaired) electrons. The predicted molar refractivity (Wildman–Crippen MR) is 54.6 cm³/mol. The second kappa shape index (κ2) is 5.80. The van der Waals surface area contributed by atoms with Gasteiger partial charge < -0.3 is 19.9 Å². The monoisotopic (exact) mass is 226 g/mol. The lowest BCUT2D eigenvalue weighted by Gasteiger charge is -2.33. The lowest BCUT2D eigenvalue weighted by molar-refractivity contribution is 0.0973. The van der Waals surface area contributed by atoms with E-state index in [2.05, 4.69) is 10.1 Å². The summed E-state index contributed by atoms with van der Waals surface area (Å²) in [7, 11) is 1.33. The molecule has 0 bridgehead atoms. The van der Waals surface area contributed by atoms with Gasteiger partial charge in [-0.3, -0.25) is 0 Å². The Labute approximate surface area is 93.6 Å². The average molecular weight is 226 g/mol. The molecule has 0 aliphatic carbocycles. The second-order valence-electron chi connectivity index (χ2n) is 3.26. The van der Waals surface area contributed by atoms with E-state index in [4.69, 9.17) is 5.26 Å². The van der Waals surface area contributed by atoms with Gasteiger partial charge in [0.25, 0.3) is 0 Å². The standard InChI is InChI=1S/C9H14N4O3/c1-16-9(15)13-6-4-12(5-7-13)8(14)11-3-2-10/h3-7H2,1H3,(H,11,14). The van der Waals surface area contributed by atoms with Crippen LogP contribution in [0.25, 0.3) is 0 Å². The minimum absolute atomic E-state index is 0.00392. The number of ether oxygens (including phenoxy) is 1.